The number of carboxylic acids is 1. The van der Waals surface area contributed by atoms with Crippen LogP contribution in [0.15, 0.2) is 47.4 Å². The van der Waals surface area contributed by atoms with E-state index in [0.29, 0.717) is 17.7 Å². The van der Waals surface area contributed by atoms with Gasteiger partial charge in [-0.1, -0.05) is 24.3 Å². The van der Waals surface area contributed by atoms with E-state index < -0.39 is 16.0 Å². The number of nitrogens with zero attached hydrogens (tertiary/aromatic N) is 1. The summed E-state index contributed by atoms with van der Waals surface area (Å²) in [5.74, 6) is -1.13. The van der Waals surface area contributed by atoms with Crippen molar-refractivity contribution in [2.75, 3.05) is 4.31 Å². The molecule has 120 valence electrons. The number of aryl methyl sites for hydroxylation is 1. The summed E-state index contributed by atoms with van der Waals surface area (Å²) < 4.78 is 27.4. The lowest BCUT2D eigenvalue weighted by Crippen LogP contribution is -2.35. The zero-order valence-electron chi connectivity index (χ0n) is 12.9. The van der Waals surface area contributed by atoms with Crippen LogP contribution in [0.3, 0.4) is 0 Å². The number of benzene rings is 2. The first-order chi connectivity index (χ1) is 10.8. The molecule has 0 saturated carbocycles. The molecule has 23 heavy (non-hydrogen) atoms. The molecule has 2 aromatic carbocycles. The number of hydrogen-bond donors (Lipinski definition) is 1. The number of hydrogen-bond acceptors (Lipinski definition) is 3. The second-order valence-corrected chi connectivity index (χ2v) is 7.58. The number of sulfonamides is 1. The number of carbonyl (C=O) groups is 1. The van der Waals surface area contributed by atoms with Gasteiger partial charge in [0.05, 0.1) is 16.1 Å². The fourth-order valence-electron chi connectivity index (χ4n) is 3.01. The molecule has 0 spiro atoms. The Morgan fingerprint density at radius 1 is 1.22 bits per heavy atom. The van der Waals surface area contributed by atoms with Crippen LogP contribution in [0.1, 0.15) is 28.4 Å². The van der Waals surface area contributed by atoms with E-state index in [9.17, 15) is 18.3 Å². The number of fused-ring (bicyclic) bond motifs is 1. The van der Waals surface area contributed by atoms with E-state index >= 15 is 0 Å². The van der Waals surface area contributed by atoms with Gasteiger partial charge in [-0.15, -0.1) is 0 Å². The van der Waals surface area contributed by atoms with Crippen molar-refractivity contribution < 1.29 is 18.3 Å². The summed E-state index contributed by atoms with van der Waals surface area (Å²) in [6, 6.07) is 11.4. The van der Waals surface area contributed by atoms with Gasteiger partial charge >= 0.3 is 5.97 Å². The summed E-state index contributed by atoms with van der Waals surface area (Å²) in [6.07, 6.45) is 0.646. The van der Waals surface area contributed by atoms with Gasteiger partial charge in [0.25, 0.3) is 10.0 Å². The van der Waals surface area contributed by atoms with E-state index in [4.69, 9.17) is 0 Å². The number of carboxylic acid groups (broad SMARTS) is 1. The molecule has 0 aliphatic carbocycles. The Kier molecular flexibility index (Phi) is 3.64. The van der Waals surface area contributed by atoms with Crippen molar-refractivity contribution in [2.45, 2.75) is 31.2 Å². The highest BCUT2D eigenvalue weighted by Gasteiger charge is 2.36. The smallest absolute Gasteiger partial charge is 0.335 e. The molecule has 0 amide bonds. The molecule has 1 N–H and O–H groups in total. The fourth-order valence-corrected chi connectivity index (χ4v) is 4.73. The predicted molar refractivity (Wildman–Crippen MR) is 87.4 cm³/mol. The standard InChI is InChI=1S/C17H17NO4S/c1-11-7-8-14(10-15(11)17(19)20)23(21,22)18-12(2)9-13-5-3-4-6-16(13)18/h3-8,10,12H,9H2,1-2H3,(H,19,20)/t12-/m1/s1. The van der Waals surface area contributed by atoms with Crippen molar-refractivity contribution in [3.8, 4) is 0 Å². The van der Waals surface area contributed by atoms with Crippen LogP contribution in [-0.4, -0.2) is 25.5 Å². The molecule has 1 aliphatic heterocycles. The van der Waals surface area contributed by atoms with Crippen LogP contribution in [-0.2, 0) is 16.4 Å². The summed E-state index contributed by atoms with van der Waals surface area (Å²) in [4.78, 5) is 11.3. The molecule has 3 rings (SSSR count). The topological polar surface area (TPSA) is 74.7 Å². The SMILES string of the molecule is Cc1ccc(S(=O)(=O)N2c3ccccc3C[C@H]2C)cc1C(=O)O. The fraction of sp³-hybridized carbons (Fsp3) is 0.235. The van der Waals surface area contributed by atoms with Crippen molar-refractivity contribution in [1.29, 1.82) is 0 Å². The van der Waals surface area contributed by atoms with Gasteiger partial charge in [-0.2, -0.15) is 0 Å². The van der Waals surface area contributed by atoms with E-state index in [1.165, 1.54) is 22.5 Å². The third-order valence-corrected chi connectivity index (χ3v) is 6.07. The maximum atomic E-state index is 13.0. The first kappa shape index (κ1) is 15.6. The monoisotopic (exact) mass is 331 g/mol. The first-order valence-electron chi connectivity index (χ1n) is 7.28. The number of para-hydroxylation sites is 1. The molecule has 1 heterocycles. The lowest BCUT2D eigenvalue weighted by molar-refractivity contribution is 0.0696. The second-order valence-electron chi connectivity index (χ2n) is 5.76. The molecule has 2 aromatic rings. The highest BCUT2D eigenvalue weighted by Crippen LogP contribution is 2.36. The summed E-state index contributed by atoms with van der Waals surface area (Å²) in [5, 5.41) is 9.22. The van der Waals surface area contributed by atoms with Crippen molar-refractivity contribution in [1.82, 2.24) is 0 Å². The Morgan fingerprint density at radius 3 is 2.61 bits per heavy atom. The molecular weight excluding hydrogens is 314 g/mol. The van der Waals surface area contributed by atoms with Gasteiger partial charge in [-0.05, 0) is 49.6 Å². The van der Waals surface area contributed by atoms with Gasteiger partial charge in [0.2, 0.25) is 0 Å². The zero-order chi connectivity index (χ0) is 16.8. The van der Waals surface area contributed by atoms with Crippen molar-refractivity contribution in [2.24, 2.45) is 0 Å². The van der Waals surface area contributed by atoms with Gasteiger partial charge in [0.1, 0.15) is 0 Å². The maximum Gasteiger partial charge on any atom is 0.335 e. The third kappa shape index (κ3) is 2.49. The Hall–Kier alpha value is -2.34. The summed E-state index contributed by atoms with van der Waals surface area (Å²) in [7, 11) is -3.80. The minimum Gasteiger partial charge on any atom is -0.478 e. The second kappa shape index (κ2) is 5.38. The van der Waals surface area contributed by atoms with Crippen molar-refractivity contribution in [3.05, 3.63) is 59.2 Å². The average Bonchev–Trinajstić information content (AvgIpc) is 2.83. The average molecular weight is 331 g/mol. The molecule has 0 saturated heterocycles. The Morgan fingerprint density at radius 2 is 1.91 bits per heavy atom. The highest BCUT2D eigenvalue weighted by molar-refractivity contribution is 7.92. The first-order valence-corrected chi connectivity index (χ1v) is 8.72. The van der Waals surface area contributed by atoms with E-state index in [1.54, 1.807) is 19.1 Å². The van der Waals surface area contributed by atoms with E-state index in [-0.39, 0.29) is 16.5 Å². The molecule has 0 fully saturated rings. The van der Waals surface area contributed by atoms with Crippen LogP contribution in [0.4, 0.5) is 5.69 Å². The Labute approximate surface area is 135 Å². The van der Waals surface area contributed by atoms with Crippen LogP contribution in [0, 0.1) is 6.92 Å². The largest absolute Gasteiger partial charge is 0.478 e. The van der Waals surface area contributed by atoms with E-state index in [2.05, 4.69) is 0 Å². The van der Waals surface area contributed by atoms with Crippen LogP contribution < -0.4 is 4.31 Å². The molecule has 0 bridgehead atoms. The normalized spacial score (nSPS) is 17.1. The minimum atomic E-state index is -3.80. The molecule has 0 unspecified atom stereocenters. The Bertz CT molecular complexity index is 889. The molecule has 0 aromatic heterocycles. The highest BCUT2D eigenvalue weighted by atomic mass is 32.2. The summed E-state index contributed by atoms with van der Waals surface area (Å²) in [5.41, 5.74) is 2.18. The quantitative estimate of drug-likeness (QED) is 0.938. The van der Waals surface area contributed by atoms with E-state index in [0.717, 1.165) is 5.56 Å². The Balaban J connectivity index is 2.13. The minimum absolute atomic E-state index is 0.00375. The van der Waals surface area contributed by atoms with Crippen molar-refractivity contribution in [3.63, 3.8) is 0 Å². The van der Waals surface area contributed by atoms with Crippen LogP contribution in [0.25, 0.3) is 0 Å². The van der Waals surface area contributed by atoms with Gasteiger partial charge in [0, 0.05) is 6.04 Å². The van der Waals surface area contributed by atoms with Crippen LogP contribution in [0.5, 0.6) is 0 Å². The van der Waals surface area contributed by atoms with Crippen molar-refractivity contribution >= 4 is 21.7 Å². The zero-order valence-corrected chi connectivity index (χ0v) is 13.7. The number of rotatable bonds is 3. The van der Waals surface area contributed by atoms with Gasteiger partial charge in [0.15, 0.2) is 0 Å². The lowest BCUT2D eigenvalue weighted by Gasteiger charge is -2.24. The summed E-state index contributed by atoms with van der Waals surface area (Å²) >= 11 is 0. The summed E-state index contributed by atoms with van der Waals surface area (Å²) in [6.45, 7) is 3.50. The lowest BCUT2D eigenvalue weighted by atomic mass is 10.1. The maximum absolute atomic E-state index is 13.0. The molecule has 0 radical (unpaired) electrons. The van der Waals surface area contributed by atoms with Crippen LogP contribution >= 0.6 is 0 Å². The molecule has 1 aliphatic rings. The molecule has 6 heteroatoms. The predicted octanol–water partition coefficient (Wildman–Crippen LogP) is 2.83. The molecule has 1 atom stereocenters. The van der Waals surface area contributed by atoms with Gasteiger partial charge in [-0.3, -0.25) is 4.31 Å². The van der Waals surface area contributed by atoms with E-state index in [1.807, 2.05) is 19.1 Å². The van der Waals surface area contributed by atoms with Gasteiger partial charge < -0.3 is 5.11 Å². The van der Waals surface area contributed by atoms with Gasteiger partial charge in [-0.25, -0.2) is 13.2 Å². The number of anilines is 1. The molecule has 5 nitrogen and oxygen atoms in total. The van der Waals surface area contributed by atoms with Crippen LogP contribution in [0.2, 0.25) is 0 Å². The third-order valence-electron chi connectivity index (χ3n) is 4.14. The number of aromatic carboxylic acids is 1. The molecular formula is C17H17NO4S.